The minimum atomic E-state index is 0.0391. The number of fused-ring (bicyclic) bond motifs is 1. The Morgan fingerprint density at radius 1 is 1.23 bits per heavy atom. The van der Waals surface area contributed by atoms with Crippen LogP contribution in [-0.4, -0.2) is 18.5 Å². The summed E-state index contributed by atoms with van der Waals surface area (Å²) in [6, 6.07) is 14.8. The summed E-state index contributed by atoms with van der Waals surface area (Å²) in [6.07, 6.45) is 1.01. The van der Waals surface area contributed by atoms with E-state index in [9.17, 15) is 4.79 Å². The van der Waals surface area contributed by atoms with Crippen molar-refractivity contribution in [2.24, 2.45) is 0 Å². The molecular formula is C19H22N2O. The zero-order valence-electron chi connectivity index (χ0n) is 13.4. The molecule has 2 aromatic carbocycles. The number of anilines is 2. The van der Waals surface area contributed by atoms with Gasteiger partial charge >= 0.3 is 0 Å². The van der Waals surface area contributed by atoms with Crippen LogP contribution in [0, 0.1) is 13.8 Å². The molecule has 0 bridgehead atoms. The Labute approximate surface area is 132 Å². The fourth-order valence-corrected chi connectivity index (χ4v) is 3.09. The summed E-state index contributed by atoms with van der Waals surface area (Å²) >= 11 is 0. The second-order valence-corrected chi connectivity index (χ2v) is 6.18. The van der Waals surface area contributed by atoms with Gasteiger partial charge in [0.1, 0.15) is 0 Å². The van der Waals surface area contributed by atoms with E-state index < -0.39 is 0 Å². The van der Waals surface area contributed by atoms with Crippen LogP contribution in [-0.2, 0) is 11.2 Å². The first-order valence-electron chi connectivity index (χ1n) is 7.76. The number of carbonyl (C=O) groups excluding carboxylic acids is 1. The quantitative estimate of drug-likeness (QED) is 0.936. The van der Waals surface area contributed by atoms with Gasteiger partial charge in [0, 0.05) is 17.4 Å². The number of aryl methyl sites for hydroxylation is 2. The van der Waals surface area contributed by atoms with Crippen LogP contribution < -0.4 is 10.2 Å². The molecule has 0 aliphatic carbocycles. The summed E-state index contributed by atoms with van der Waals surface area (Å²) in [7, 11) is 0. The minimum absolute atomic E-state index is 0.0391. The molecule has 2 aromatic rings. The summed E-state index contributed by atoms with van der Waals surface area (Å²) in [4.78, 5) is 14.6. The van der Waals surface area contributed by atoms with Crippen LogP contribution in [0.3, 0.4) is 0 Å². The normalized spacial score (nSPS) is 16.5. The summed E-state index contributed by atoms with van der Waals surface area (Å²) in [5, 5.41) is 3.05. The van der Waals surface area contributed by atoms with E-state index in [0.29, 0.717) is 12.6 Å². The highest BCUT2D eigenvalue weighted by Crippen LogP contribution is 2.31. The molecule has 1 unspecified atom stereocenters. The zero-order valence-corrected chi connectivity index (χ0v) is 13.4. The first kappa shape index (κ1) is 14.6. The van der Waals surface area contributed by atoms with Gasteiger partial charge in [-0.1, -0.05) is 30.3 Å². The van der Waals surface area contributed by atoms with Crippen molar-refractivity contribution in [1.82, 2.24) is 0 Å². The number of amides is 1. The van der Waals surface area contributed by atoms with E-state index in [4.69, 9.17) is 0 Å². The lowest BCUT2D eigenvalue weighted by atomic mass is 10.1. The molecule has 114 valence electrons. The Balaban J connectivity index is 1.73. The maximum absolute atomic E-state index is 12.4. The minimum Gasteiger partial charge on any atom is -0.359 e. The molecule has 1 aliphatic rings. The zero-order chi connectivity index (χ0) is 15.7. The summed E-state index contributed by atoms with van der Waals surface area (Å²) < 4.78 is 0. The SMILES string of the molecule is Cc1ccc(C)c(NC(=O)CN2c3ccccc3CC2C)c1. The number of benzene rings is 2. The van der Waals surface area contributed by atoms with E-state index >= 15 is 0 Å². The fourth-order valence-electron chi connectivity index (χ4n) is 3.09. The van der Waals surface area contributed by atoms with Gasteiger partial charge in [0.25, 0.3) is 0 Å². The third-order valence-electron chi connectivity index (χ3n) is 4.33. The summed E-state index contributed by atoms with van der Waals surface area (Å²) in [5.41, 5.74) is 5.67. The molecule has 0 saturated carbocycles. The average molecular weight is 294 g/mol. The molecule has 3 heteroatoms. The van der Waals surface area contributed by atoms with E-state index in [1.54, 1.807) is 0 Å². The van der Waals surface area contributed by atoms with Crippen LogP contribution in [0.25, 0.3) is 0 Å². The van der Waals surface area contributed by atoms with Crippen molar-refractivity contribution in [3.8, 4) is 0 Å². The van der Waals surface area contributed by atoms with E-state index in [1.807, 2.05) is 32.0 Å². The number of hydrogen-bond acceptors (Lipinski definition) is 2. The standard InChI is InChI=1S/C19H22N2O/c1-13-8-9-14(2)17(10-13)20-19(22)12-21-15(3)11-16-6-4-5-7-18(16)21/h4-10,15H,11-12H2,1-3H3,(H,20,22). The van der Waals surface area contributed by atoms with Crippen molar-refractivity contribution in [3.05, 3.63) is 59.2 Å². The van der Waals surface area contributed by atoms with Crippen molar-refractivity contribution in [1.29, 1.82) is 0 Å². The Morgan fingerprint density at radius 2 is 2.00 bits per heavy atom. The van der Waals surface area contributed by atoms with Crippen LogP contribution >= 0.6 is 0 Å². The summed E-state index contributed by atoms with van der Waals surface area (Å²) in [6.45, 7) is 6.62. The van der Waals surface area contributed by atoms with Gasteiger partial charge in [-0.3, -0.25) is 4.79 Å². The molecule has 1 heterocycles. The average Bonchev–Trinajstić information content (AvgIpc) is 2.79. The van der Waals surface area contributed by atoms with Gasteiger partial charge in [0.15, 0.2) is 0 Å². The first-order valence-corrected chi connectivity index (χ1v) is 7.76. The van der Waals surface area contributed by atoms with Crippen molar-refractivity contribution < 1.29 is 4.79 Å². The highest BCUT2D eigenvalue weighted by Gasteiger charge is 2.27. The molecule has 0 spiro atoms. The number of nitrogens with one attached hydrogen (secondary N) is 1. The van der Waals surface area contributed by atoms with Crippen LogP contribution in [0.1, 0.15) is 23.6 Å². The Hall–Kier alpha value is -2.29. The molecule has 22 heavy (non-hydrogen) atoms. The Bertz CT molecular complexity index is 708. The largest absolute Gasteiger partial charge is 0.359 e. The van der Waals surface area contributed by atoms with Gasteiger partial charge in [-0.25, -0.2) is 0 Å². The maximum atomic E-state index is 12.4. The smallest absolute Gasteiger partial charge is 0.243 e. The highest BCUT2D eigenvalue weighted by atomic mass is 16.2. The molecule has 0 radical (unpaired) electrons. The lowest BCUT2D eigenvalue weighted by molar-refractivity contribution is -0.115. The van der Waals surface area contributed by atoms with Crippen molar-refractivity contribution in [3.63, 3.8) is 0 Å². The van der Waals surface area contributed by atoms with Crippen molar-refractivity contribution in [2.45, 2.75) is 33.2 Å². The molecule has 3 rings (SSSR count). The van der Waals surface area contributed by atoms with Crippen LogP contribution in [0.5, 0.6) is 0 Å². The van der Waals surface area contributed by atoms with Gasteiger partial charge in [0.05, 0.1) is 6.54 Å². The van der Waals surface area contributed by atoms with Gasteiger partial charge in [-0.2, -0.15) is 0 Å². The van der Waals surface area contributed by atoms with E-state index in [2.05, 4.69) is 41.4 Å². The first-order chi connectivity index (χ1) is 10.5. The molecule has 1 amide bonds. The second kappa shape index (κ2) is 5.84. The van der Waals surface area contributed by atoms with Gasteiger partial charge in [-0.05, 0) is 56.0 Å². The lowest BCUT2D eigenvalue weighted by Crippen LogP contribution is -2.37. The molecule has 3 nitrogen and oxygen atoms in total. The fraction of sp³-hybridized carbons (Fsp3) is 0.316. The second-order valence-electron chi connectivity index (χ2n) is 6.18. The van der Waals surface area contributed by atoms with Gasteiger partial charge < -0.3 is 10.2 Å². The topological polar surface area (TPSA) is 32.3 Å². The highest BCUT2D eigenvalue weighted by molar-refractivity contribution is 5.95. The predicted octanol–water partition coefficient (Wildman–Crippen LogP) is 3.69. The molecular weight excluding hydrogens is 272 g/mol. The Morgan fingerprint density at radius 3 is 2.82 bits per heavy atom. The number of nitrogens with zero attached hydrogens (tertiary/aromatic N) is 1. The monoisotopic (exact) mass is 294 g/mol. The number of rotatable bonds is 3. The Kier molecular flexibility index (Phi) is 3.88. The third-order valence-corrected chi connectivity index (χ3v) is 4.33. The summed E-state index contributed by atoms with van der Waals surface area (Å²) in [5.74, 6) is 0.0391. The van der Waals surface area contributed by atoms with Crippen LogP contribution in [0.4, 0.5) is 11.4 Å². The van der Waals surface area contributed by atoms with Crippen molar-refractivity contribution >= 4 is 17.3 Å². The van der Waals surface area contributed by atoms with Gasteiger partial charge in [0.2, 0.25) is 5.91 Å². The molecule has 1 atom stereocenters. The lowest BCUT2D eigenvalue weighted by Gasteiger charge is -2.24. The molecule has 1 aliphatic heterocycles. The maximum Gasteiger partial charge on any atom is 0.243 e. The number of carbonyl (C=O) groups is 1. The van der Waals surface area contributed by atoms with E-state index in [0.717, 1.165) is 23.2 Å². The van der Waals surface area contributed by atoms with Crippen LogP contribution in [0.2, 0.25) is 0 Å². The molecule has 0 fully saturated rings. The van der Waals surface area contributed by atoms with Crippen LogP contribution in [0.15, 0.2) is 42.5 Å². The van der Waals surface area contributed by atoms with E-state index in [1.165, 1.54) is 11.3 Å². The predicted molar refractivity (Wildman–Crippen MR) is 91.5 cm³/mol. The number of hydrogen-bond donors (Lipinski definition) is 1. The van der Waals surface area contributed by atoms with Crippen molar-refractivity contribution in [2.75, 3.05) is 16.8 Å². The van der Waals surface area contributed by atoms with Gasteiger partial charge in [-0.15, -0.1) is 0 Å². The molecule has 0 aromatic heterocycles. The van der Waals surface area contributed by atoms with E-state index in [-0.39, 0.29) is 5.91 Å². The number of para-hydroxylation sites is 1. The molecule has 1 N–H and O–H groups in total. The third kappa shape index (κ3) is 2.84. The molecule has 0 saturated heterocycles.